The summed E-state index contributed by atoms with van der Waals surface area (Å²) in [5.41, 5.74) is 1.69. The van der Waals surface area contributed by atoms with Crippen LogP contribution in [0, 0.1) is 0 Å². The molecule has 1 aliphatic rings. The predicted octanol–water partition coefficient (Wildman–Crippen LogP) is 2.74. The SMILES string of the molecule is COc1ccc(Cl)cc1NC(=O)c1ccc(NCCN2CCOCC2)cn1. The van der Waals surface area contributed by atoms with E-state index in [1.165, 1.54) is 7.11 Å². The van der Waals surface area contributed by atoms with E-state index >= 15 is 0 Å². The van der Waals surface area contributed by atoms with Gasteiger partial charge in [0.2, 0.25) is 0 Å². The van der Waals surface area contributed by atoms with Gasteiger partial charge in [-0.05, 0) is 30.3 Å². The molecule has 0 bridgehead atoms. The van der Waals surface area contributed by atoms with Crippen LogP contribution in [-0.4, -0.2) is 62.3 Å². The molecule has 2 aromatic rings. The summed E-state index contributed by atoms with van der Waals surface area (Å²) in [4.78, 5) is 19.0. The highest BCUT2D eigenvalue weighted by Gasteiger charge is 2.12. The van der Waals surface area contributed by atoms with Crippen LogP contribution in [0.1, 0.15) is 10.5 Å². The number of halogens is 1. The summed E-state index contributed by atoms with van der Waals surface area (Å²) in [6.45, 7) is 5.27. The molecule has 0 unspecified atom stereocenters. The average molecular weight is 391 g/mol. The van der Waals surface area contributed by atoms with Crippen LogP contribution < -0.4 is 15.4 Å². The van der Waals surface area contributed by atoms with E-state index in [4.69, 9.17) is 21.1 Å². The topological polar surface area (TPSA) is 75.7 Å². The number of carbonyl (C=O) groups excluding carboxylic acids is 1. The Hall–Kier alpha value is -2.35. The van der Waals surface area contributed by atoms with Crippen LogP contribution in [0.3, 0.4) is 0 Å². The van der Waals surface area contributed by atoms with Crippen LogP contribution >= 0.6 is 11.6 Å². The lowest BCUT2D eigenvalue weighted by molar-refractivity contribution is 0.0398. The number of nitrogens with zero attached hydrogens (tertiary/aromatic N) is 2. The van der Waals surface area contributed by atoms with E-state index in [0.29, 0.717) is 22.2 Å². The number of methoxy groups -OCH3 is 1. The second-order valence-electron chi connectivity index (χ2n) is 6.11. The molecule has 0 saturated carbocycles. The maximum absolute atomic E-state index is 12.4. The molecule has 8 heteroatoms. The van der Waals surface area contributed by atoms with Crippen molar-refractivity contribution in [3.63, 3.8) is 0 Å². The van der Waals surface area contributed by atoms with Gasteiger partial charge >= 0.3 is 0 Å². The quantitative estimate of drug-likeness (QED) is 0.757. The van der Waals surface area contributed by atoms with Gasteiger partial charge in [0, 0.05) is 31.2 Å². The van der Waals surface area contributed by atoms with E-state index in [2.05, 4.69) is 20.5 Å². The lowest BCUT2D eigenvalue weighted by Crippen LogP contribution is -2.39. The molecule has 1 aromatic heterocycles. The summed E-state index contributed by atoms with van der Waals surface area (Å²) in [5.74, 6) is 0.213. The second-order valence-corrected chi connectivity index (χ2v) is 6.55. The van der Waals surface area contributed by atoms with Gasteiger partial charge in [0.05, 0.1) is 37.9 Å². The molecule has 0 radical (unpaired) electrons. The van der Waals surface area contributed by atoms with Crippen molar-refractivity contribution in [3.8, 4) is 5.75 Å². The van der Waals surface area contributed by atoms with Crippen LogP contribution in [0.5, 0.6) is 5.75 Å². The maximum atomic E-state index is 12.4. The largest absolute Gasteiger partial charge is 0.495 e. The van der Waals surface area contributed by atoms with Crippen molar-refractivity contribution in [1.82, 2.24) is 9.88 Å². The number of carbonyl (C=O) groups is 1. The Labute approximate surface area is 163 Å². The smallest absolute Gasteiger partial charge is 0.274 e. The number of amides is 1. The van der Waals surface area contributed by atoms with Gasteiger partial charge in [0.1, 0.15) is 11.4 Å². The van der Waals surface area contributed by atoms with Crippen LogP contribution in [-0.2, 0) is 4.74 Å². The van der Waals surface area contributed by atoms with Gasteiger partial charge in [0.15, 0.2) is 0 Å². The number of ether oxygens (including phenoxy) is 2. The Morgan fingerprint density at radius 3 is 2.81 bits per heavy atom. The minimum atomic E-state index is -0.324. The molecule has 2 N–H and O–H groups in total. The Morgan fingerprint density at radius 2 is 2.11 bits per heavy atom. The average Bonchev–Trinajstić information content (AvgIpc) is 2.69. The number of nitrogens with one attached hydrogen (secondary N) is 2. The first kappa shape index (κ1) is 19.4. The van der Waals surface area contributed by atoms with Crippen molar-refractivity contribution in [3.05, 3.63) is 47.2 Å². The third-order valence-electron chi connectivity index (χ3n) is 4.27. The fraction of sp³-hybridized carbons (Fsp3) is 0.368. The van der Waals surface area contributed by atoms with Crippen molar-refractivity contribution < 1.29 is 14.3 Å². The molecule has 1 saturated heterocycles. The third-order valence-corrected chi connectivity index (χ3v) is 4.50. The first-order valence-corrected chi connectivity index (χ1v) is 9.18. The zero-order valence-corrected chi connectivity index (χ0v) is 16.0. The number of pyridine rings is 1. The Kier molecular flexibility index (Phi) is 6.86. The fourth-order valence-corrected chi connectivity index (χ4v) is 2.95. The third kappa shape index (κ3) is 5.56. The summed E-state index contributed by atoms with van der Waals surface area (Å²) in [7, 11) is 1.54. The van der Waals surface area contributed by atoms with Crippen molar-refractivity contribution >= 4 is 28.9 Å². The maximum Gasteiger partial charge on any atom is 0.274 e. The number of rotatable bonds is 7. The zero-order valence-electron chi connectivity index (χ0n) is 15.2. The van der Waals surface area contributed by atoms with Gasteiger partial charge in [-0.3, -0.25) is 9.69 Å². The highest BCUT2D eigenvalue weighted by Crippen LogP contribution is 2.28. The normalized spacial score (nSPS) is 14.6. The van der Waals surface area contributed by atoms with Crippen LogP contribution in [0.25, 0.3) is 0 Å². The van der Waals surface area contributed by atoms with Gasteiger partial charge in [-0.25, -0.2) is 4.98 Å². The molecule has 1 aromatic carbocycles. The van der Waals surface area contributed by atoms with Gasteiger partial charge in [-0.1, -0.05) is 11.6 Å². The van der Waals surface area contributed by atoms with Gasteiger partial charge < -0.3 is 20.1 Å². The van der Waals surface area contributed by atoms with E-state index in [1.807, 2.05) is 6.07 Å². The molecule has 144 valence electrons. The standard InChI is InChI=1S/C19H23ClN4O3/c1-26-18-5-2-14(20)12-17(18)23-19(25)16-4-3-15(13-22-16)21-6-7-24-8-10-27-11-9-24/h2-5,12-13,21H,6-11H2,1H3,(H,23,25). The molecule has 2 heterocycles. The second kappa shape index (κ2) is 9.55. The summed E-state index contributed by atoms with van der Waals surface area (Å²) >= 11 is 5.99. The summed E-state index contributed by atoms with van der Waals surface area (Å²) < 4.78 is 10.6. The zero-order chi connectivity index (χ0) is 19.1. The first-order valence-electron chi connectivity index (χ1n) is 8.80. The summed E-state index contributed by atoms with van der Waals surface area (Å²) in [5, 5.41) is 6.61. The minimum absolute atomic E-state index is 0.316. The van der Waals surface area contributed by atoms with E-state index in [1.54, 1.807) is 30.5 Å². The Balaban J connectivity index is 1.53. The van der Waals surface area contributed by atoms with Gasteiger partial charge in [0.25, 0.3) is 5.91 Å². The molecular weight excluding hydrogens is 368 g/mol. The number of hydrogen-bond donors (Lipinski definition) is 2. The number of morpholine rings is 1. The molecule has 7 nitrogen and oxygen atoms in total. The molecule has 1 fully saturated rings. The van der Waals surface area contributed by atoms with Gasteiger partial charge in [-0.15, -0.1) is 0 Å². The van der Waals surface area contributed by atoms with Crippen LogP contribution in [0.4, 0.5) is 11.4 Å². The molecule has 1 amide bonds. The van der Waals surface area contributed by atoms with E-state index in [0.717, 1.165) is 45.1 Å². The number of hydrogen-bond acceptors (Lipinski definition) is 6. The number of aromatic nitrogens is 1. The molecule has 0 spiro atoms. The molecule has 1 aliphatic heterocycles. The van der Waals surface area contributed by atoms with E-state index < -0.39 is 0 Å². The molecule has 0 atom stereocenters. The number of benzene rings is 1. The molecule has 3 rings (SSSR count). The summed E-state index contributed by atoms with van der Waals surface area (Å²) in [6.07, 6.45) is 1.66. The summed E-state index contributed by atoms with van der Waals surface area (Å²) in [6, 6.07) is 8.57. The highest BCUT2D eigenvalue weighted by atomic mass is 35.5. The minimum Gasteiger partial charge on any atom is -0.495 e. The Morgan fingerprint density at radius 1 is 1.30 bits per heavy atom. The first-order chi connectivity index (χ1) is 13.2. The lowest BCUT2D eigenvalue weighted by Gasteiger charge is -2.26. The lowest BCUT2D eigenvalue weighted by atomic mass is 10.2. The molecular formula is C19H23ClN4O3. The van der Waals surface area contributed by atoms with Gasteiger partial charge in [-0.2, -0.15) is 0 Å². The fourth-order valence-electron chi connectivity index (χ4n) is 2.78. The van der Waals surface area contributed by atoms with Crippen molar-refractivity contribution in [2.24, 2.45) is 0 Å². The Bertz CT molecular complexity index is 764. The van der Waals surface area contributed by atoms with Crippen LogP contribution in [0.15, 0.2) is 36.5 Å². The van der Waals surface area contributed by atoms with E-state index in [9.17, 15) is 4.79 Å². The molecule has 0 aliphatic carbocycles. The van der Waals surface area contributed by atoms with Crippen molar-refractivity contribution in [2.45, 2.75) is 0 Å². The van der Waals surface area contributed by atoms with Crippen LogP contribution in [0.2, 0.25) is 5.02 Å². The predicted molar refractivity (Wildman–Crippen MR) is 106 cm³/mol. The highest BCUT2D eigenvalue weighted by molar-refractivity contribution is 6.31. The molecule has 27 heavy (non-hydrogen) atoms. The van der Waals surface area contributed by atoms with Crippen molar-refractivity contribution in [1.29, 1.82) is 0 Å². The van der Waals surface area contributed by atoms with Crippen molar-refractivity contribution in [2.75, 3.05) is 57.1 Å². The van der Waals surface area contributed by atoms with E-state index in [-0.39, 0.29) is 5.91 Å². The number of anilines is 2. The monoisotopic (exact) mass is 390 g/mol.